The number of ether oxygens (including phenoxy) is 1. The molecule has 0 atom stereocenters. The Morgan fingerprint density at radius 2 is 2.10 bits per heavy atom. The van der Waals surface area contributed by atoms with Crippen LogP contribution in [0.15, 0.2) is 6.07 Å². The lowest BCUT2D eigenvalue weighted by Gasteiger charge is -2.09. The van der Waals surface area contributed by atoms with Gasteiger partial charge in [-0.05, 0) is 32.3 Å². The van der Waals surface area contributed by atoms with Crippen molar-refractivity contribution in [1.29, 1.82) is 0 Å². The molecule has 1 heterocycles. The molecule has 0 saturated heterocycles. The molecule has 0 saturated carbocycles. The minimum absolute atomic E-state index is 0.0455. The van der Waals surface area contributed by atoms with Gasteiger partial charge in [-0.15, -0.1) is 11.3 Å². The molecule has 20 heavy (non-hydrogen) atoms. The molecule has 1 N–H and O–H groups in total. The number of sulfonamides is 1. The molecule has 0 aliphatic heterocycles. The summed E-state index contributed by atoms with van der Waals surface area (Å²) in [5.74, 6) is -0.149. The molecule has 1 aromatic rings. The van der Waals surface area contributed by atoms with Gasteiger partial charge in [-0.2, -0.15) is 0 Å². The van der Waals surface area contributed by atoms with E-state index in [1.807, 2.05) is 20.8 Å². The van der Waals surface area contributed by atoms with Crippen LogP contribution in [-0.2, 0) is 14.8 Å². The zero-order valence-electron chi connectivity index (χ0n) is 12.2. The summed E-state index contributed by atoms with van der Waals surface area (Å²) in [6.07, 6.45) is 0.578. The minimum atomic E-state index is -3.43. The number of nitrogens with one attached hydrogen (secondary N) is 1. The van der Waals surface area contributed by atoms with E-state index < -0.39 is 16.0 Å². The smallest absolute Gasteiger partial charge is 0.341 e. The van der Waals surface area contributed by atoms with Crippen LogP contribution >= 0.6 is 11.3 Å². The van der Waals surface area contributed by atoms with Gasteiger partial charge in [-0.3, -0.25) is 4.72 Å². The van der Waals surface area contributed by atoms with Gasteiger partial charge in [0.2, 0.25) is 10.0 Å². The molecular formula is C13H21NO4S2. The number of hydrogen-bond donors (Lipinski definition) is 1. The molecule has 114 valence electrons. The van der Waals surface area contributed by atoms with Crippen LogP contribution in [-0.4, -0.2) is 26.7 Å². The Hall–Kier alpha value is -1.08. The van der Waals surface area contributed by atoms with E-state index >= 15 is 0 Å². The highest BCUT2D eigenvalue weighted by atomic mass is 32.2. The number of anilines is 1. The fourth-order valence-corrected chi connectivity index (χ4v) is 4.11. The molecule has 0 aliphatic rings. The second-order valence-electron chi connectivity index (χ2n) is 4.92. The number of esters is 1. The third kappa shape index (κ3) is 5.13. The van der Waals surface area contributed by atoms with Crippen molar-refractivity contribution >= 4 is 32.3 Å². The van der Waals surface area contributed by atoms with Gasteiger partial charge in [-0.25, -0.2) is 13.2 Å². The van der Waals surface area contributed by atoms with Crippen LogP contribution in [0.2, 0.25) is 0 Å². The Morgan fingerprint density at radius 1 is 1.45 bits per heavy atom. The average molecular weight is 319 g/mol. The molecule has 0 radical (unpaired) electrons. The van der Waals surface area contributed by atoms with Gasteiger partial charge in [-0.1, -0.05) is 13.8 Å². The van der Waals surface area contributed by atoms with Crippen molar-refractivity contribution in [3.63, 3.8) is 0 Å². The standard InChI is InChI=1S/C13H21NO4S2/c1-5-18-13(15)11-8-10(4)19-12(11)14-20(16,17)7-6-9(2)3/h8-9,14H,5-7H2,1-4H3. The van der Waals surface area contributed by atoms with Crippen LogP contribution in [0.5, 0.6) is 0 Å². The SMILES string of the molecule is CCOC(=O)c1cc(C)sc1NS(=O)(=O)CCC(C)C. The van der Waals surface area contributed by atoms with Gasteiger partial charge in [0.15, 0.2) is 0 Å². The van der Waals surface area contributed by atoms with Gasteiger partial charge in [0.25, 0.3) is 0 Å². The van der Waals surface area contributed by atoms with Crippen LogP contribution in [0.3, 0.4) is 0 Å². The monoisotopic (exact) mass is 319 g/mol. The van der Waals surface area contributed by atoms with Crippen molar-refractivity contribution in [2.45, 2.75) is 34.1 Å². The predicted molar refractivity (Wildman–Crippen MR) is 81.9 cm³/mol. The molecule has 5 nitrogen and oxygen atoms in total. The Balaban J connectivity index is 2.89. The summed E-state index contributed by atoms with van der Waals surface area (Å²) in [4.78, 5) is 12.6. The number of thiophene rings is 1. The Morgan fingerprint density at radius 3 is 2.65 bits per heavy atom. The summed E-state index contributed by atoms with van der Waals surface area (Å²) in [5, 5.41) is 0.338. The Labute approximate surface area is 124 Å². The Kier molecular flexibility index (Phi) is 6.01. The quantitative estimate of drug-likeness (QED) is 0.784. The second kappa shape index (κ2) is 7.08. The lowest BCUT2D eigenvalue weighted by Crippen LogP contribution is -2.19. The lowest BCUT2D eigenvalue weighted by molar-refractivity contribution is 0.0528. The van der Waals surface area contributed by atoms with Crippen LogP contribution < -0.4 is 4.72 Å². The molecule has 0 aliphatic carbocycles. The highest BCUT2D eigenvalue weighted by Crippen LogP contribution is 2.29. The van der Waals surface area contributed by atoms with E-state index in [4.69, 9.17) is 4.74 Å². The summed E-state index contributed by atoms with van der Waals surface area (Å²) in [5.41, 5.74) is 0.280. The van der Waals surface area contributed by atoms with Crippen molar-refractivity contribution in [1.82, 2.24) is 0 Å². The highest BCUT2D eigenvalue weighted by Gasteiger charge is 2.20. The highest BCUT2D eigenvalue weighted by molar-refractivity contribution is 7.92. The maximum atomic E-state index is 12.0. The van der Waals surface area contributed by atoms with Crippen molar-refractivity contribution in [3.8, 4) is 0 Å². The van der Waals surface area contributed by atoms with E-state index in [1.165, 1.54) is 11.3 Å². The molecule has 0 amide bonds. The van der Waals surface area contributed by atoms with E-state index in [1.54, 1.807) is 13.0 Å². The zero-order chi connectivity index (χ0) is 15.3. The number of hydrogen-bond acceptors (Lipinski definition) is 5. The summed E-state index contributed by atoms with van der Waals surface area (Å²) in [6, 6.07) is 1.64. The van der Waals surface area contributed by atoms with Crippen molar-refractivity contribution in [3.05, 3.63) is 16.5 Å². The largest absolute Gasteiger partial charge is 0.462 e. The van der Waals surface area contributed by atoms with Gasteiger partial charge in [0.1, 0.15) is 5.00 Å². The molecule has 0 fully saturated rings. The number of aryl methyl sites for hydroxylation is 1. The van der Waals surface area contributed by atoms with Crippen LogP contribution in [0, 0.1) is 12.8 Å². The van der Waals surface area contributed by atoms with E-state index in [0.29, 0.717) is 17.3 Å². The summed E-state index contributed by atoms with van der Waals surface area (Å²) in [6.45, 7) is 7.72. The van der Waals surface area contributed by atoms with Crippen LogP contribution in [0.25, 0.3) is 0 Å². The van der Waals surface area contributed by atoms with Crippen molar-refractivity contribution in [2.75, 3.05) is 17.1 Å². The third-order valence-corrected chi connectivity index (χ3v) is 4.95. The summed E-state index contributed by atoms with van der Waals surface area (Å²) >= 11 is 1.24. The minimum Gasteiger partial charge on any atom is -0.462 e. The summed E-state index contributed by atoms with van der Waals surface area (Å²) < 4.78 is 31.4. The van der Waals surface area contributed by atoms with E-state index in [2.05, 4.69) is 4.72 Å². The normalized spacial score (nSPS) is 11.7. The number of rotatable bonds is 7. The first-order valence-electron chi connectivity index (χ1n) is 6.53. The molecular weight excluding hydrogens is 298 g/mol. The third-order valence-electron chi connectivity index (χ3n) is 2.56. The molecule has 1 aromatic heterocycles. The molecule has 0 bridgehead atoms. The maximum Gasteiger partial charge on any atom is 0.341 e. The van der Waals surface area contributed by atoms with E-state index in [-0.39, 0.29) is 17.9 Å². The first-order valence-corrected chi connectivity index (χ1v) is 9.00. The fraction of sp³-hybridized carbons (Fsp3) is 0.615. The average Bonchev–Trinajstić information content (AvgIpc) is 2.67. The first-order chi connectivity index (χ1) is 9.25. The predicted octanol–water partition coefficient (Wildman–Crippen LogP) is 3.02. The lowest BCUT2D eigenvalue weighted by atomic mass is 10.2. The molecule has 1 rings (SSSR count). The van der Waals surface area contributed by atoms with E-state index in [0.717, 1.165) is 4.88 Å². The molecule has 7 heteroatoms. The molecule has 0 unspecified atom stereocenters. The molecule has 0 aromatic carbocycles. The number of carbonyl (C=O) groups excluding carboxylic acids is 1. The van der Waals surface area contributed by atoms with Gasteiger partial charge >= 0.3 is 5.97 Å². The van der Waals surface area contributed by atoms with Crippen molar-refractivity contribution in [2.24, 2.45) is 5.92 Å². The second-order valence-corrected chi connectivity index (χ2v) is 8.02. The summed E-state index contributed by atoms with van der Waals surface area (Å²) in [7, 11) is -3.43. The van der Waals surface area contributed by atoms with Gasteiger partial charge in [0, 0.05) is 4.88 Å². The van der Waals surface area contributed by atoms with Gasteiger partial charge in [0.05, 0.1) is 17.9 Å². The fourth-order valence-electron chi connectivity index (χ4n) is 1.53. The van der Waals surface area contributed by atoms with E-state index in [9.17, 15) is 13.2 Å². The van der Waals surface area contributed by atoms with Crippen molar-refractivity contribution < 1.29 is 17.9 Å². The zero-order valence-corrected chi connectivity index (χ0v) is 13.9. The topological polar surface area (TPSA) is 72.5 Å². The molecule has 0 spiro atoms. The first kappa shape index (κ1) is 17.0. The number of carbonyl (C=O) groups is 1. The maximum absolute atomic E-state index is 12.0. The van der Waals surface area contributed by atoms with Crippen LogP contribution in [0.1, 0.15) is 42.4 Å². The van der Waals surface area contributed by atoms with Crippen LogP contribution in [0.4, 0.5) is 5.00 Å². The Bertz CT molecular complexity index is 561. The van der Waals surface area contributed by atoms with Gasteiger partial charge < -0.3 is 4.74 Å².